The van der Waals surface area contributed by atoms with Gasteiger partial charge in [0.05, 0.1) is 0 Å². The number of hydrogen-bond acceptors (Lipinski definition) is 2. The summed E-state index contributed by atoms with van der Waals surface area (Å²) in [7, 11) is 1.73. The van der Waals surface area contributed by atoms with Crippen molar-refractivity contribution >= 4 is 5.71 Å². The van der Waals surface area contributed by atoms with Crippen LogP contribution in [0.5, 0.6) is 0 Å². The molecule has 0 saturated carbocycles. The summed E-state index contributed by atoms with van der Waals surface area (Å²) in [5.74, 6) is 0. The van der Waals surface area contributed by atoms with Crippen molar-refractivity contribution in [1.82, 2.24) is 0 Å². The normalized spacial score (nSPS) is 11.6. The van der Waals surface area contributed by atoms with Gasteiger partial charge in [-0.15, -0.1) is 0 Å². The molecule has 0 saturated heterocycles. The SMILES string of the molecule is C=C(CN)C(C)=NC. The first-order valence-corrected chi connectivity index (χ1v) is 2.54. The van der Waals surface area contributed by atoms with Crippen molar-refractivity contribution in [2.45, 2.75) is 6.92 Å². The molecule has 0 aromatic rings. The molecule has 0 aromatic heterocycles. The molecule has 0 unspecified atom stereocenters. The second kappa shape index (κ2) is 3.38. The Bertz CT molecular complexity index is 114. The van der Waals surface area contributed by atoms with Crippen LogP contribution in [0, 0.1) is 0 Å². The maximum absolute atomic E-state index is 5.27. The standard InChI is InChI=1S/C6H12N2/c1-5(4-7)6(2)8-3/h1,4,7H2,2-3H3. The third-order valence-corrected chi connectivity index (χ3v) is 1.09. The van der Waals surface area contributed by atoms with E-state index in [0.717, 1.165) is 11.3 Å². The van der Waals surface area contributed by atoms with E-state index >= 15 is 0 Å². The summed E-state index contributed by atoms with van der Waals surface area (Å²) in [5, 5.41) is 0. The van der Waals surface area contributed by atoms with Gasteiger partial charge in [-0.3, -0.25) is 4.99 Å². The fraction of sp³-hybridized carbons (Fsp3) is 0.500. The van der Waals surface area contributed by atoms with Gasteiger partial charge in [0.2, 0.25) is 0 Å². The minimum atomic E-state index is 0.503. The molecule has 0 bridgehead atoms. The highest BCUT2D eigenvalue weighted by Gasteiger charge is 1.90. The minimum Gasteiger partial charge on any atom is -0.326 e. The highest BCUT2D eigenvalue weighted by Crippen LogP contribution is 1.88. The van der Waals surface area contributed by atoms with Crippen molar-refractivity contribution in [3.63, 3.8) is 0 Å². The fourth-order valence-electron chi connectivity index (χ4n) is 0.306. The molecule has 46 valence electrons. The highest BCUT2D eigenvalue weighted by molar-refractivity contribution is 5.97. The maximum atomic E-state index is 5.27. The molecular formula is C6H12N2. The molecule has 2 N–H and O–H groups in total. The van der Waals surface area contributed by atoms with Gasteiger partial charge in [0.15, 0.2) is 0 Å². The summed E-state index contributed by atoms with van der Waals surface area (Å²) in [6.07, 6.45) is 0. The quantitative estimate of drug-likeness (QED) is 0.522. The van der Waals surface area contributed by atoms with Gasteiger partial charge in [-0.2, -0.15) is 0 Å². The Hall–Kier alpha value is -0.630. The molecule has 0 aliphatic heterocycles. The Balaban J connectivity index is 3.83. The molecule has 8 heavy (non-hydrogen) atoms. The van der Waals surface area contributed by atoms with Crippen molar-refractivity contribution < 1.29 is 0 Å². The molecule has 2 heteroatoms. The molecule has 0 aliphatic carbocycles. The van der Waals surface area contributed by atoms with E-state index in [0.29, 0.717) is 6.54 Å². The van der Waals surface area contributed by atoms with Gasteiger partial charge < -0.3 is 5.73 Å². The molecule has 2 nitrogen and oxygen atoms in total. The van der Waals surface area contributed by atoms with Gasteiger partial charge in [0.1, 0.15) is 0 Å². The predicted octanol–water partition coefficient (Wildman–Crippen LogP) is 0.592. The molecule has 0 rings (SSSR count). The van der Waals surface area contributed by atoms with Gasteiger partial charge in [0, 0.05) is 19.3 Å². The lowest BCUT2D eigenvalue weighted by Crippen LogP contribution is -2.08. The van der Waals surface area contributed by atoms with E-state index in [1.54, 1.807) is 7.05 Å². The minimum absolute atomic E-state index is 0.503. The number of rotatable bonds is 2. The highest BCUT2D eigenvalue weighted by atomic mass is 14.7. The number of hydrogen-bond donors (Lipinski definition) is 1. The largest absolute Gasteiger partial charge is 0.326 e. The van der Waals surface area contributed by atoms with E-state index in [4.69, 9.17) is 5.73 Å². The summed E-state index contributed by atoms with van der Waals surface area (Å²) in [5.41, 5.74) is 7.12. The lowest BCUT2D eigenvalue weighted by molar-refractivity contribution is 1.20. The molecule has 0 spiro atoms. The Morgan fingerprint density at radius 2 is 2.25 bits per heavy atom. The van der Waals surface area contributed by atoms with Crippen LogP contribution in [-0.4, -0.2) is 19.3 Å². The van der Waals surface area contributed by atoms with E-state index in [9.17, 15) is 0 Å². The van der Waals surface area contributed by atoms with Gasteiger partial charge in [-0.05, 0) is 12.5 Å². The van der Waals surface area contributed by atoms with Crippen LogP contribution in [0.4, 0.5) is 0 Å². The summed E-state index contributed by atoms with van der Waals surface area (Å²) in [4.78, 5) is 3.90. The maximum Gasteiger partial charge on any atom is 0.0352 e. The Kier molecular flexibility index (Phi) is 3.12. The van der Waals surface area contributed by atoms with Crippen LogP contribution in [-0.2, 0) is 0 Å². The summed E-state index contributed by atoms with van der Waals surface area (Å²) >= 11 is 0. The van der Waals surface area contributed by atoms with E-state index in [1.807, 2.05) is 6.92 Å². The van der Waals surface area contributed by atoms with Crippen molar-refractivity contribution in [3.8, 4) is 0 Å². The van der Waals surface area contributed by atoms with E-state index in [-0.39, 0.29) is 0 Å². The van der Waals surface area contributed by atoms with Crippen LogP contribution < -0.4 is 5.73 Å². The number of aliphatic imine (C=N–C) groups is 1. The molecule has 0 atom stereocenters. The molecule has 0 heterocycles. The zero-order valence-electron chi connectivity index (χ0n) is 5.44. The Labute approximate surface area is 50.1 Å². The average Bonchev–Trinajstić information content (AvgIpc) is 1.84. The zero-order valence-corrected chi connectivity index (χ0v) is 5.44. The third-order valence-electron chi connectivity index (χ3n) is 1.09. The fourth-order valence-corrected chi connectivity index (χ4v) is 0.306. The Morgan fingerprint density at radius 1 is 1.75 bits per heavy atom. The lowest BCUT2D eigenvalue weighted by Gasteiger charge is -1.96. The van der Waals surface area contributed by atoms with Crippen molar-refractivity contribution in [2.24, 2.45) is 10.7 Å². The molecular weight excluding hydrogens is 100 g/mol. The van der Waals surface area contributed by atoms with Gasteiger partial charge >= 0.3 is 0 Å². The van der Waals surface area contributed by atoms with Gasteiger partial charge in [-0.1, -0.05) is 6.58 Å². The topological polar surface area (TPSA) is 38.4 Å². The van der Waals surface area contributed by atoms with E-state index in [1.165, 1.54) is 0 Å². The zero-order chi connectivity index (χ0) is 6.57. The molecule has 0 fully saturated rings. The second-order valence-corrected chi connectivity index (χ2v) is 1.62. The van der Waals surface area contributed by atoms with Crippen molar-refractivity contribution in [1.29, 1.82) is 0 Å². The van der Waals surface area contributed by atoms with Crippen LogP contribution >= 0.6 is 0 Å². The van der Waals surface area contributed by atoms with E-state index in [2.05, 4.69) is 11.6 Å². The van der Waals surface area contributed by atoms with Crippen LogP contribution in [0.1, 0.15) is 6.92 Å². The predicted molar refractivity (Wildman–Crippen MR) is 37.2 cm³/mol. The van der Waals surface area contributed by atoms with Crippen molar-refractivity contribution in [2.75, 3.05) is 13.6 Å². The first-order chi connectivity index (χ1) is 3.72. The lowest BCUT2D eigenvalue weighted by atomic mass is 10.2. The smallest absolute Gasteiger partial charge is 0.0352 e. The van der Waals surface area contributed by atoms with Crippen LogP contribution in [0.15, 0.2) is 17.1 Å². The summed E-state index contributed by atoms with van der Waals surface area (Å²) in [6.45, 7) is 6.09. The molecule has 0 aromatic carbocycles. The van der Waals surface area contributed by atoms with Gasteiger partial charge in [0.25, 0.3) is 0 Å². The molecule has 0 amide bonds. The molecule has 0 aliphatic rings. The second-order valence-electron chi connectivity index (χ2n) is 1.62. The third kappa shape index (κ3) is 1.89. The number of nitrogens with zero attached hydrogens (tertiary/aromatic N) is 1. The molecule has 0 radical (unpaired) electrons. The first-order valence-electron chi connectivity index (χ1n) is 2.54. The summed E-state index contributed by atoms with van der Waals surface area (Å²) < 4.78 is 0. The summed E-state index contributed by atoms with van der Waals surface area (Å²) in [6, 6.07) is 0. The van der Waals surface area contributed by atoms with Crippen LogP contribution in [0.25, 0.3) is 0 Å². The van der Waals surface area contributed by atoms with Crippen LogP contribution in [0.3, 0.4) is 0 Å². The average molecular weight is 112 g/mol. The van der Waals surface area contributed by atoms with Crippen LogP contribution in [0.2, 0.25) is 0 Å². The number of nitrogens with two attached hydrogens (primary N) is 1. The van der Waals surface area contributed by atoms with Crippen molar-refractivity contribution in [3.05, 3.63) is 12.2 Å². The Morgan fingerprint density at radius 3 is 2.38 bits per heavy atom. The first kappa shape index (κ1) is 7.37. The monoisotopic (exact) mass is 112 g/mol. The van der Waals surface area contributed by atoms with E-state index < -0.39 is 0 Å². The van der Waals surface area contributed by atoms with Gasteiger partial charge in [-0.25, -0.2) is 0 Å².